The number of rotatable bonds is 4. The topological polar surface area (TPSA) is 35.5 Å². The maximum Gasteiger partial charge on any atom is 0.309 e. The van der Waals surface area contributed by atoms with Crippen LogP contribution in [0.25, 0.3) is 0 Å². The highest BCUT2D eigenvalue weighted by Gasteiger charge is 2.10. The van der Waals surface area contributed by atoms with Crippen molar-refractivity contribution in [3.8, 4) is 5.75 Å². The molecule has 1 rings (SSSR count). The molecule has 3 heteroatoms. The molecule has 1 aromatic carbocycles. The first kappa shape index (κ1) is 13.6. The van der Waals surface area contributed by atoms with Gasteiger partial charge in [0.1, 0.15) is 5.75 Å². The number of esters is 1. The van der Waals surface area contributed by atoms with Gasteiger partial charge in [-0.05, 0) is 50.5 Å². The van der Waals surface area contributed by atoms with Crippen molar-refractivity contribution in [2.24, 2.45) is 0 Å². The number of methoxy groups -OCH3 is 1. The van der Waals surface area contributed by atoms with Crippen LogP contribution in [0.4, 0.5) is 0 Å². The number of hydrogen-bond donors (Lipinski definition) is 0. The zero-order valence-electron chi connectivity index (χ0n) is 11.2. The third-order valence-electron chi connectivity index (χ3n) is 2.56. The largest absolute Gasteiger partial charge is 0.491 e. The minimum atomic E-state index is -0.218. The van der Waals surface area contributed by atoms with Crippen molar-refractivity contribution >= 4 is 5.97 Å². The molecule has 0 aliphatic rings. The standard InChI is InChI=1S/C14H20O3/c1-9(2)17-13-7-10(3)12(6-11(13)4)8-14(15)16-5/h6-7,9H,8H2,1-5H3. The van der Waals surface area contributed by atoms with Gasteiger partial charge in [-0.2, -0.15) is 0 Å². The van der Waals surface area contributed by atoms with Gasteiger partial charge in [0.25, 0.3) is 0 Å². The second-order valence-electron chi connectivity index (χ2n) is 4.46. The predicted octanol–water partition coefficient (Wildman–Crippen LogP) is 2.81. The van der Waals surface area contributed by atoms with E-state index < -0.39 is 0 Å². The second kappa shape index (κ2) is 5.71. The molecular weight excluding hydrogens is 216 g/mol. The summed E-state index contributed by atoms with van der Waals surface area (Å²) in [5, 5.41) is 0. The second-order valence-corrected chi connectivity index (χ2v) is 4.46. The van der Waals surface area contributed by atoms with Gasteiger partial charge < -0.3 is 9.47 Å². The molecule has 17 heavy (non-hydrogen) atoms. The Morgan fingerprint density at radius 2 is 1.88 bits per heavy atom. The van der Waals surface area contributed by atoms with Crippen LogP contribution in [0, 0.1) is 13.8 Å². The molecule has 0 unspecified atom stereocenters. The third kappa shape index (κ3) is 3.77. The van der Waals surface area contributed by atoms with Gasteiger partial charge in [0.05, 0.1) is 19.6 Å². The molecule has 0 atom stereocenters. The Balaban J connectivity index is 2.96. The molecule has 0 amide bonds. The van der Waals surface area contributed by atoms with Crippen LogP contribution in [-0.4, -0.2) is 19.2 Å². The molecular formula is C14H20O3. The van der Waals surface area contributed by atoms with Crippen LogP contribution in [0.15, 0.2) is 12.1 Å². The average molecular weight is 236 g/mol. The first-order chi connectivity index (χ1) is 7.93. The molecule has 0 heterocycles. The molecule has 0 bridgehead atoms. The number of hydrogen-bond acceptors (Lipinski definition) is 3. The first-order valence-corrected chi connectivity index (χ1v) is 5.77. The summed E-state index contributed by atoms with van der Waals surface area (Å²) in [5.41, 5.74) is 3.09. The molecule has 0 aliphatic heterocycles. The Bertz CT molecular complexity index is 408. The Morgan fingerprint density at radius 1 is 1.24 bits per heavy atom. The first-order valence-electron chi connectivity index (χ1n) is 5.77. The zero-order valence-corrected chi connectivity index (χ0v) is 11.2. The molecule has 0 aromatic heterocycles. The Labute approximate surface area is 103 Å². The van der Waals surface area contributed by atoms with Crippen LogP contribution >= 0.6 is 0 Å². The lowest BCUT2D eigenvalue weighted by Crippen LogP contribution is -2.09. The van der Waals surface area contributed by atoms with Crippen LogP contribution in [0.1, 0.15) is 30.5 Å². The van der Waals surface area contributed by atoms with E-state index in [0.29, 0.717) is 6.42 Å². The van der Waals surface area contributed by atoms with E-state index in [0.717, 1.165) is 22.4 Å². The number of carbonyl (C=O) groups excluding carboxylic acids is 1. The fourth-order valence-electron chi connectivity index (χ4n) is 1.65. The summed E-state index contributed by atoms with van der Waals surface area (Å²) in [5.74, 6) is 0.663. The Kier molecular flexibility index (Phi) is 4.55. The zero-order chi connectivity index (χ0) is 13.0. The van der Waals surface area contributed by atoms with Crippen LogP contribution in [0.5, 0.6) is 5.75 Å². The highest BCUT2D eigenvalue weighted by molar-refractivity contribution is 5.73. The normalized spacial score (nSPS) is 10.5. The summed E-state index contributed by atoms with van der Waals surface area (Å²) in [6.45, 7) is 7.96. The maximum absolute atomic E-state index is 11.3. The Hall–Kier alpha value is -1.51. The molecule has 0 spiro atoms. The molecule has 0 N–H and O–H groups in total. The third-order valence-corrected chi connectivity index (χ3v) is 2.56. The monoisotopic (exact) mass is 236 g/mol. The minimum Gasteiger partial charge on any atom is -0.491 e. The van der Waals surface area contributed by atoms with Gasteiger partial charge in [0.15, 0.2) is 0 Å². The SMILES string of the molecule is COC(=O)Cc1cc(C)c(OC(C)C)cc1C. The van der Waals surface area contributed by atoms with Crippen molar-refractivity contribution in [3.63, 3.8) is 0 Å². The van der Waals surface area contributed by atoms with E-state index in [9.17, 15) is 4.79 Å². The molecule has 0 radical (unpaired) electrons. The number of aryl methyl sites for hydroxylation is 2. The van der Waals surface area contributed by atoms with Crippen molar-refractivity contribution in [3.05, 3.63) is 28.8 Å². The summed E-state index contributed by atoms with van der Waals surface area (Å²) in [6, 6.07) is 3.97. The summed E-state index contributed by atoms with van der Waals surface area (Å²) in [4.78, 5) is 11.3. The van der Waals surface area contributed by atoms with E-state index in [1.54, 1.807) is 0 Å². The lowest BCUT2D eigenvalue weighted by atomic mass is 10.0. The van der Waals surface area contributed by atoms with Crippen molar-refractivity contribution in [1.29, 1.82) is 0 Å². The van der Waals surface area contributed by atoms with E-state index in [1.807, 2.05) is 39.8 Å². The van der Waals surface area contributed by atoms with E-state index in [-0.39, 0.29) is 12.1 Å². The molecule has 0 saturated heterocycles. The average Bonchev–Trinajstić information content (AvgIpc) is 2.24. The van der Waals surface area contributed by atoms with E-state index in [1.165, 1.54) is 7.11 Å². The van der Waals surface area contributed by atoms with E-state index in [4.69, 9.17) is 4.74 Å². The predicted molar refractivity (Wildman–Crippen MR) is 67.4 cm³/mol. The lowest BCUT2D eigenvalue weighted by Gasteiger charge is -2.15. The van der Waals surface area contributed by atoms with Crippen molar-refractivity contribution in [2.75, 3.05) is 7.11 Å². The van der Waals surface area contributed by atoms with Crippen molar-refractivity contribution in [2.45, 2.75) is 40.2 Å². The van der Waals surface area contributed by atoms with Crippen LogP contribution in [-0.2, 0) is 16.0 Å². The number of benzene rings is 1. The molecule has 0 aliphatic carbocycles. The molecule has 1 aromatic rings. The highest BCUT2D eigenvalue weighted by atomic mass is 16.5. The highest BCUT2D eigenvalue weighted by Crippen LogP contribution is 2.24. The van der Waals surface area contributed by atoms with Crippen LogP contribution in [0.2, 0.25) is 0 Å². The van der Waals surface area contributed by atoms with Gasteiger partial charge in [0, 0.05) is 0 Å². The Morgan fingerprint density at radius 3 is 2.41 bits per heavy atom. The fourth-order valence-corrected chi connectivity index (χ4v) is 1.65. The molecule has 3 nitrogen and oxygen atoms in total. The van der Waals surface area contributed by atoms with E-state index in [2.05, 4.69) is 4.74 Å². The summed E-state index contributed by atoms with van der Waals surface area (Å²) in [7, 11) is 1.40. The smallest absolute Gasteiger partial charge is 0.309 e. The molecule has 0 fully saturated rings. The van der Waals surface area contributed by atoms with Crippen molar-refractivity contribution < 1.29 is 14.3 Å². The van der Waals surface area contributed by atoms with Crippen molar-refractivity contribution in [1.82, 2.24) is 0 Å². The van der Waals surface area contributed by atoms with Gasteiger partial charge in [-0.15, -0.1) is 0 Å². The molecule has 94 valence electrons. The summed E-state index contributed by atoms with van der Waals surface area (Å²) < 4.78 is 10.4. The fraction of sp³-hybridized carbons (Fsp3) is 0.500. The quantitative estimate of drug-likeness (QED) is 0.754. The van der Waals surface area contributed by atoms with Gasteiger partial charge >= 0.3 is 5.97 Å². The minimum absolute atomic E-state index is 0.152. The van der Waals surface area contributed by atoms with Crippen LogP contribution < -0.4 is 4.74 Å². The maximum atomic E-state index is 11.3. The van der Waals surface area contributed by atoms with E-state index >= 15 is 0 Å². The van der Waals surface area contributed by atoms with Gasteiger partial charge in [0.2, 0.25) is 0 Å². The van der Waals surface area contributed by atoms with Gasteiger partial charge in [-0.3, -0.25) is 4.79 Å². The summed E-state index contributed by atoms with van der Waals surface area (Å²) >= 11 is 0. The summed E-state index contributed by atoms with van der Waals surface area (Å²) in [6.07, 6.45) is 0.463. The lowest BCUT2D eigenvalue weighted by molar-refractivity contribution is -0.139. The van der Waals surface area contributed by atoms with Gasteiger partial charge in [-0.25, -0.2) is 0 Å². The number of ether oxygens (including phenoxy) is 2. The van der Waals surface area contributed by atoms with Crippen LogP contribution in [0.3, 0.4) is 0 Å². The number of carbonyl (C=O) groups is 1. The molecule has 0 saturated carbocycles. The van der Waals surface area contributed by atoms with Gasteiger partial charge in [-0.1, -0.05) is 6.07 Å².